The fraction of sp³-hybridized carbons (Fsp3) is 1.00. The first-order valence-electron chi connectivity index (χ1n) is 2.80. The van der Waals surface area contributed by atoms with Gasteiger partial charge in [0.1, 0.15) is 0 Å². The van der Waals surface area contributed by atoms with E-state index in [0.717, 1.165) is 6.54 Å². The summed E-state index contributed by atoms with van der Waals surface area (Å²) in [5, 5.41) is 7.86. The SMILES string of the molecule is CCNCCS(N)(O)O. The van der Waals surface area contributed by atoms with Gasteiger partial charge in [0.25, 0.3) is 0 Å². The molecule has 9 heavy (non-hydrogen) atoms. The van der Waals surface area contributed by atoms with Gasteiger partial charge in [0.05, 0.1) is 5.75 Å². The lowest BCUT2D eigenvalue weighted by Gasteiger charge is -2.25. The Kier molecular flexibility index (Phi) is 4.16. The predicted molar refractivity (Wildman–Crippen MR) is 40.4 cm³/mol. The van der Waals surface area contributed by atoms with Crippen molar-refractivity contribution in [2.75, 3.05) is 18.8 Å². The van der Waals surface area contributed by atoms with E-state index in [2.05, 4.69) is 5.32 Å². The molecule has 0 amide bonds. The van der Waals surface area contributed by atoms with Crippen LogP contribution in [-0.2, 0) is 0 Å². The van der Waals surface area contributed by atoms with Crippen molar-refractivity contribution in [3.05, 3.63) is 0 Å². The van der Waals surface area contributed by atoms with Crippen LogP contribution in [-0.4, -0.2) is 27.9 Å². The molecule has 0 saturated carbocycles. The quantitative estimate of drug-likeness (QED) is 0.437. The van der Waals surface area contributed by atoms with E-state index in [0.29, 0.717) is 6.54 Å². The van der Waals surface area contributed by atoms with Crippen molar-refractivity contribution in [1.29, 1.82) is 0 Å². The van der Waals surface area contributed by atoms with Gasteiger partial charge in [0.15, 0.2) is 0 Å². The summed E-state index contributed by atoms with van der Waals surface area (Å²) < 4.78 is 17.2. The summed E-state index contributed by atoms with van der Waals surface area (Å²) in [4.78, 5) is 0. The summed E-state index contributed by atoms with van der Waals surface area (Å²) in [7, 11) is -2.76. The van der Waals surface area contributed by atoms with Crippen LogP contribution < -0.4 is 10.5 Å². The number of nitrogens with two attached hydrogens (primary N) is 1. The standard InChI is InChI=1S/C4H14N2O2S/c1-2-6-3-4-9(5,7)8/h6-8H,2-5H2,1H3. The summed E-state index contributed by atoms with van der Waals surface area (Å²) in [5.41, 5.74) is 0. The first-order valence-corrected chi connectivity index (χ1v) is 4.58. The first kappa shape index (κ1) is 9.19. The molecule has 0 bridgehead atoms. The van der Waals surface area contributed by atoms with Crippen molar-refractivity contribution >= 4 is 10.8 Å². The maximum Gasteiger partial charge on any atom is 0.0650 e. The van der Waals surface area contributed by atoms with Crippen molar-refractivity contribution in [3.8, 4) is 0 Å². The van der Waals surface area contributed by atoms with Crippen LogP contribution in [0.4, 0.5) is 0 Å². The number of rotatable bonds is 4. The third-order valence-electron chi connectivity index (χ3n) is 0.829. The minimum atomic E-state index is -2.76. The van der Waals surface area contributed by atoms with Crippen molar-refractivity contribution in [2.24, 2.45) is 5.14 Å². The summed E-state index contributed by atoms with van der Waals surface area (Å²) in [6.07, 6.45) is 0. The maximum absolute atomic E-state index is 8.62. The summed E-state index contributed by atoms with van der Waals surface area (Å²) in [6, 6.07) is 0. The van der Waals surface area contributed by atoms with Gasteiger partial charge in [-0.2, -0.15) is 0 Å². The van der Waals surface area contributed by atoms with Crippen LogP contribution in [0.5, 0.6) is 0 Å². The zero-order chi connectivity index (χ0) is 7.33. The normalized spacial score (nSPS) is 13.8. The highest BCUT2D eigenvalue weighted by Crippen LogP contribution is 2.25. The minimum absolute atomic E-state index is 0.237. The Balaban J connectivity index is 3.07. The molecule has 0 fully saturated rings. The van der Waals surface area contributed by atoms with Gasteiger partial charge in [-0.05, 0) is 6.54 Å². The Hall–Kier alpha value is 0.190. The Morgan fingerprint density at radius 2 is 2.11 bits per heavy atom. The third kappa shape index (κ3) is 8.19. The van der Waals surface area contributed by atoms with E-state index in [9.17, 15) is 0 Å². The molecule has 0 aliphatic heterocycles. The van der Waals surface area contributed by atoms with Crippen LogP contribution in [0.25, 0.3) is 0 Å². The van der Waals surface area contributed by atoms with Crippen molar-refractivity contribution in [3.63, 3.8) is 0 Å². The van der Waals surface area contributed by atoms with Gasteiger partial charge in [0, 0.05) is 6.54 Å². The molecule has 5 N–H and O–H groups in total. The first-order chi connectivity index (χ1) is 4.06. The van der Waals surface area contributed by atoms with Crippen LogP contribution in [0, 0.1) is 0 Å². The highest BCUT2D eigenvalue weighted by molar-refractivity contribution is 8.22. The van der Waals surface area contributed by atoms with Crippen LogP contribution in [0.1, 0.15) is 6.92 Å². The van der Waals surface area contributed by atoms with Crippen LogP contribution in [0.15, 0.2) is 0 Å². The van der Waals surface area contributed by atoms with Gasteiger partial charge in [-0.25, -0.2) is 5.14 Å². The van der Waals surface area contributed by atoms with Crippen molar-refractivity contribution in [1.82, 2.24) is 5.32 Å². The molecule has 0 unspecified atom stereocenters. The molecule has 0 radical (unpaired) electrons. The van der Waals surface area contributed by atoms with Gasteiger partial charge in [-0.15, -0.1) is 10.8 Å². The lowest BCUT2D eigenvalue weighted by molar-refractivity contribution is 0.486. The topological polar surface area (TPSA) is 78.5 Å². The second-order valence-corrected chi connectivity index (χ2v) is 3.62. The second-order valence-electron chi connectivity index (χ2n) is 1.78. The van der Waals surface area contributed by atoms with E-state index in [1.807, 2.05) is 6.92 Å². The molecule has 58 valence electrons. The Morgan fingerprint density at radius 3 is 2.44 bits per heavy atom. The average Bonchev–Trinajstić information content (AvgIpc) is 1.63. The maximum atomic E-state index is 8.62. The lowest BCUT2D eigenvalue weighted by atomic mass is 10.7. The molecule has 0 aromatic carbocycles. The zero-order valence-electron chi connectivity index (χ0n) is 5.50. The Morgan fingerprint density at radius 1 is 1.56 bits per heavy atom. The van der Waals surface area contributed by atoms with E-state index < -0.39 is 10.8 Å². The average molecular weight is 154 g/mol. The molecule has 0 aliphatic carbocycles. The van der Waals surface area contributed by atoms with Crippen molar-refractivity contribution in [2.45, 2.75) is 6.92 Å². The molecule has 0 spiro atoms. The molecule has 0 rings (SSSR count). The Bertz CT molecular complexity index is 73.5. The van der Waals surface area contributed by atoms with Gasteiger partial charge in [-0.3, -0.25) is 9.11 Å². The van der Waals surface area contributed by atoms with Gasteiger partial charge in [0.2, 0.25) is 0 Å². The molecule has 0 aromatic heterocycles. The van der Waals surface area contributed by atoms with Gasteiger partial charge >= 0.3 is 0 Å². The zero-order valence-corrected chi connectivity index (χ0v) is 6.32. The van der Waals surface area contributed by atoms with Gasteiger partial charge in [-0.1, -0.05) is 6.92 Å². The smallest absolute Gasteiger partial charge is 0.0650 e. The molecule has 5 heteroatoms. The van der Waals surface area contributed by atoms with Crippen LogP contribution in [0.2, 0.25) is 0 Å². The molecule has 0 saturated heterocycles. The monoisotopic (exact) mass is 154 g/mol. The molecule has 0 aliphatic rings. The fourth-order valence-corrected chi connectivity index (χ4v) is 0.844. The highest BCUT2D eigenvalue weighted by atomic mass is 32.3. The highest BCUT2D eigenvalue weighted by Gasteiger charge is 2.01. The molecule has 0 heterocycles. The lowest BCUT2D eigenvalue weighted by Crippen LogP contribution is -2.24. The third-order valence-corrected chi connectivity index (χ3v) is 1.63. The molecular formula is C4H14N2O2S. The molecule has 4 nitrogen and oxygen atoms in total. The van der Waals surface area contributed by atoms with E-state index in [1.54, 1.807) is 0 Å². The molecule has 0 aromatic rings. The second kappa shape index (κ2) is 4.08. The fourth-order valence-electron chi connectivity index (χ4n) is 0.399. The molecular weight excluding hydrogens is 140 g/mol. The van der Waals surface area contributed by atoms with Crippen LogP contribution >= 0.6 is 10.8 Å². The number of hydrogen-bond acceptors (Lipinski definition) is 4. The van der Waals surface area contributed by atoms with E-state index in [1.165, 1.54) is 0 Å². The summed E-state index contributed by atoms with van der Waals surface area (Å²) in [5.74, 6) is 0.237. The number of hydrogen-bond donors (Lipinski definition) is 4. The largest absolute Gasteiger partial charge is 0.315 e. The predicted octanol–water partition coefficient (Wildman–Crippen LogP) is 0.220. The van der Waals surface area contributed by atoms with Crippen molar-refractivity contribution < 1.29 is 9.11 Å². The van der Waals surface area contributed by atoms with Crippen LogP contribution in [0.3, 0.4) is 0 Å². The number of nitrogens with one attached hydrogen (secondary N) is 1. The Labute approximate surface area is 56.9 Å². The summed E-state index contributed by atoms with van der Waals surface area (Å²) >= 11 is 0. The van der Waals surface area contributed by atoms with E-state index in [-0.39, 0.29) is 5.75 Å². The van der Waals surface area contributed by atoms with E-state index in [4.69, 9.17) is 14.2 Å². The summed E-state index contributed by atoms with van der Waals surface area (Å²) in [6.45, 7) is 3.34. The minimum Gasteiger partial charge on any atom is -0.315 e. The van der Waals surface area contributed by atoms with E-state index >= 15 is 0 Å². The molecule has 0 atom stereocenters. The van der Waals surface area contributed by atoms with Gasteiger partial charge < -0.3 is 5.32 Å².